The van der Waals surface area contributed by atoms with Gasteiger partial charge in [0.15, 0.2) is 0 Å². The fourth-order valence-electron chi connectivity index (χ4n) is 3.07. The number of likely N-dealkylation sites (tertiary alicyclic amines) is 1. The van der Waals surface area contributed by atoms with E-state index in [0.717, 1.165) is 44.8 Å². The number of halogens is 1. The van der Waals surface area contributed by atoms with Gasteiger partial charge in [0.1, 0.15) is 5.82 Å². The first-order chi connectivity index (χ1) is 10.6. The predicted octanol–water partition coefficient (Wildman–Crippen LogP) is 2.59. The van der Waals surface area contributed by atoms with Gasteiger partial charge in [0, 0.05) is 32.4 Å². The molecule has 1 aromatic rings. The van der Waals surface area contributed by atoms with E-state index in [9.17, 15) is 4.79 Å². The second-order valence-electron chi connectivity index (χ2n) is 6.01. The summed E-state index contributed by atoms with van der Waals surface area (Å²) >= 11 is 6.38. The Kier molecular flexibility index (Phi) is 4.84. The van der Waals surface area contributed by atoms with Crippen molar-refractivity contribution in [3.8, 4) is 0 Å². The smallest absolute Gasteiger partial charge is 0.255 e. The fraction of sp³-hybridized carbons (Fsp3) is 0.625. The largest absolute Gasteiger partial charge is 0.375 e. The summed E-state index contributed by atoms with van der Waals surface area (Å²) in [4.78, 5) is 20.9. The van der Waals surface area contributed by atoms with Crippen LogP contribution in [0.2, 0.25) is 5.02 Å². The number of morpholine rings is 1. The van der Waals surface area contributed by atoms with Crippen LogP contribution in [0, 0.1) is 0 Å². The number of amides is 1. The molecule has 3 heterocycles. The molecule has 3 rings (SSSR count). The predicted molar refractivity (Wildman–Crippen MR) is 86.6 cm³/mol. The molecule has 1 amide bonds. The maximum atomic E-state index is 12.5. The average molecular weight is 324 g/mol. The van der Waals surface area contributed by atoms with Crippen molar-refractivity contribution in [2.45, 2.75) is 32.3 Å². The van der Waals surface area contributed by atoms with Crippen molar-refractivity contribution in [2.24, 2.45) is 0 Å². The maximum Gasteiger partial charge on any atom is 0.255 e. The van der Waals surface area contributed by atoms with Crippen LogP contribution in [-0.4, -0.2) is 54.7 Å². The van der Waals surface area contributed by atoms with Crippen LogP contribution in [-0.2, 0) is 4.74 Å². The molecule has 1 atom stereocenters. The van der Waals surface area contributed by atoms with Crippen LogP contribution >= 0.6 is 11.6 Å². The van der Waals surface area contributed by atoms with E-state index in [4.69, 9.17) is 16.3 Å². The van der Waals surface area contributed by atoms with E-state index in [2.05, 4.69) is 9.88 Å². The first-order valence-electron chi connectivity index (χ1n) is 7.96. The van der Waals surface area contributed by atoms with E-state index in [-0.39, 0.29) is 12.0 Å². The summed E-state index contributed by atoms with van der Waals surface area (Å²) in [6, 6.07) is 1.75. The van der Waals surface area contributed by atoms with Gasteiger partial charge in [0.2, 0.25) is 0 Å². The molecule has 0 bridgehead atoms. The lowest BCUT2D eigenvalue weighted by Gasteiger charge is -2.32. The first-order valence-corrected chi connectivity index (χ1v) is 8.34. The number of carbonyl (C=O) groups is 1. The minimum atomic E-state index is 0.0380. The zero-order valence-electron chi connectivity index (χ0n) is 12.9. The zero-order chi connectivity index (χ0) is 15.5. The summed E-state index contributed by atoms with van der Waals surface area (Å²) in [5.41, 5.74) is 0.581. The third-order valence-electron chi connectivity index (χ3n) is 4.25. The third kappa shape index (κ3) is 3.36. The summed E-state index contributed by atoms with van der Waals surface area (Å²) in [7, 11) is 0. The highest BCUT2D eigenvalue weighted by atomic mass is 35.5. The number of rotatable bonds is 2. The zero-order valence-corrected chi connectivity index (χ0v) is 13.7. The van der Waals surface area contributed by atoms with Crippen LogP contribution in [0.15, 0.2) is 12.3 Å². The molecule has 0 aliphatic carbocycles. The topological polar surface area (TPSA) is 45.7 Å². The summed E-state index contributed by atoms with van der Waals surface area (Å²) in [5.74, 6) is 0.781. The number of ether oxygens (including phenoxy) is 1. The van der Waals surface area contributed by atoms with Crippen LogP contribution in [0.5, 0.6) is 0 Å². The van der Waals surface area contributed by atoms with Gasteiger partial charge in [-0.2, -0.15) is 0 Å². The molecule has 5 nitrogen and oxygen atoms in total. The number of carbonyl (C=O) groups excluding carboxylic acids is 1. The van der Waals surface area contributed by atoms with Crippen LogP contribution in [0.25, 0.3) is 0 Å². The second-order valence-corrected chi connectivity index (χ2v) is 6.42. The summed E-state index contributed by atoms with van der Waals surface area (Å²) < 4.78 is 5.54. The molecule has 22 heavy (non-hydrogen) atoms. The Hall–Kier alpha value is -1.33. The van der Waals surface area contributed by atoms with Crippen molar-refractivity contribution < 1.29 is 9.53 Å². The highest BCUT2D eigenvalue weighted by molar-refractivity contribution is 6.33. The minimum absolute atomic E-state index is 0.0380. The lowest BCUT2D eigenvalue weighted by atomic mass is 10.1. The number of pyridine rings is 1. The maximum absolute atomic E-state index is 12.5. The SMILES string of the molecule is CC1CN(c2ncc(C(=O)N3CCCCC3)cc2Cl)CCO1. The van der Waals surface area contributed by atoms with E-state index in [0.29, 0.717) is 17.2 Å². The molecule has 2 fully saturated rings. The van der Waals surface area contributed by atoms with Crippen LogP contribution in [0.1, 0.15) is 36.5 Å². The monoisotopic (exact) mass is 323 g/mol. The molecule has 0 saturated carbocycles. The number of hydrogen-bond donors (Lipinski definition) is 0. The van der Waals surface area contributed by atoms with Gasteiger partial charge in [0.05, 0.1) is 23.3 Å². The van der Waals surface area contributed by atoms with E-state index < -0.39 is 0 Å². The molecule has 0 radical (unpaired) electrons. The number of aromatic nitrogens is 1. The van der Waals surface area contributed by atoms with Gasteiger partial charge in [-0.3, -0.25) is 4.79 Å². The van der Waals surface area contributed by atoms with Crippen molar-refractivity contribution in [2.75, 3.05) is 37.7 Å². The van der Waals surface area contributed by atoms with Crippen LogP contribution in [0.4, 0.5) is 5.82 Å². The summed E-state index contributed by atoms with van der Waals surface area (Å²) in [5, 5.41) is 0.539. The van der Waals surface area contributed by atoms with E-state index >= 15 is 0 Å². The van der Waals surface area contributed by atoms with E-state index in [1.807, 2.05) is 11.8 Å². The molecule has 1 aromatic heterocycles. The third-order valence-corrected chi connectivity index (χ3v) is 4.53. The first kappa shape index (κ1) is 15.6. The Morgan fingerprint density at radius 1 is 1.32 bits per heavy atom. The van der Waals surface area contributed by atoms with Crippen molar-refractivity contribution in [3.63, 3.8) is 0 Å². The number of piperidine rings is 1. The summed E-state index contributed by atoms with van der Waals surface area (Å²) in [6.07, 6.45) is 5.18. The molecule has 1 unspecified atom stereocenters. The Morgan fingerprint density at radius 3 is 2.77 bits per heavy atom. The van der Waals surface area contributed by atoms with Crippen molar-refractivity contribution in [1.29, 1.82) is 0 Å². The van der Waals surface area contributed by atoms with E-state index in [1.54, 1.807) is 12.3 Å². The van der Waals surface area contributed by atoms with Gasteiger partial charge in [-0.1, -0.05) is 11.6 Å². The van der Waals surface area contributed by atoms with E-state index in [1.165, 1.54) is 6.42 Å². The molecular weight excluding hydrogens is 302 g/mol. The van der Waals surface area contributed by atoms with Gasteiger partial charge in [-0.15, -0.1) is 0 Å². The molecule has 2 aliphatic rings. The Balaban J connectivity index is 1.75. The van der Waals surface area contributed by atoms with Crippen LogP contribution in [0.3, 0.4) is 0 Å². The normalized spacial score (nSPS) is 22.7. The molecular formula is C16H22ClN3O2. The molecule has 0 spiro atoms. The van der Waals surface area contributed by atoms with Crippen molar-refractivity contribution >= 4 is 23.3 Å². The fourth-order valence-corrected chi connectivity index (χ4v) is 3.36. The molecule has 120 valence electrons. The Labute approximate surface area is 136 Å². The second kappa shape index (κ2) is 6.84. The van der Waals surface area contributed by atoms with Gasteiger partial charge in [-0.25, -0.2) is 4.98 Å². The molecule has 6 heteroatoms. The highest BCUT2D eigenvalue weighted by Crippen LogP contribution is 2.26. The minimum Gasteiger partial charge on any atom is -0.375 e. The summed E-state index contributed by atoms with van der Waals surface area (Å²) in [6.45, 7) is 5.92. The van der Waals surface area contributed by atoms with Crippen molar-refractivity contribution in [1.82, 2.24) is 9.88 Å². The van der Waals surface area contributed by atoms with Crippen LogP contribution < -0.4 is 4.90 Å². The standard InChI is InChI=1S/C16H22ClN3O2/c1-12-11-20(7-8-22-12)15-14(17)9-13(10-18-15)16(21)19-5-3-2-4-6-19/h9-10,12H,2-8,11H2,1H3. The molecule has 2 aliphatic heterocycles. The Morgan fingerprint density at radius 2 is 2.09 bits per heavy atom. The highest BCUT2D eigenvalue weighted by Gasteiger charge is 2.23. The molecule has 0 N–H and O–H groups in total. The average Bonchev–Trinajstić information content (AvgIpc) is 2.55. The van der Waals surface area contributed by atoms with Gasteiger partial charge in [0.25, 0.3) is 5.91 Å². The van der Waals surface area contributed by atoms with Gasteiger partial charge >= 0.3 is 0 Å². The van der Waals surface area contributed by atoms with Gasteiger partial charge < -0.3 is 14.5 Å². The molecule has 2 saturated heterocycles. The molecule has 0 aromatic carbocycles. The Bertz CT molecular complexity index is 546. The number of anilines is 1. The lowest BCUT2D eigenvalue weighted by Crippen LogP contribution is -2.41. The number of hydrogen-bond acceptors (Lipinski definition) is 4. The van der Waals surface area contributed by atoms with Gasteiger partial charge in [-0.05, 0) is 32.3 Å². The lowest BCUT2D eigenvalue weighted by molar-refractivity contribution is 0.0529. The van der Waals surface area contributed by atoms with Crippen molar-refractivity contribution in [3.05, 3.63) is 22.8 Å². The number of nitrogens with zero attached hydrogens (tertiary/aromatic N) is 3. The quantitative estimate of drug-likeness (QED) is 0.839.